The van der Waals surface area contributed by atoms with Gasteiger partial charge in [0, 0.05) is 11.6 Å². The van der Waals surface area contributed by atoms with Crippen LogP contribution in [0.15, 0.2) is 53.6 Å². The highest BCUT2D eigenvalue weighted by Gasteiger charge is 2.23. The second-order valence-electron chi connectivity index (χ2n) is 7.69. The van der Waals surface area contributed by atoms with Gasteiger partial charge in [-0.15, -0.1) is 0 Å². The van der Waals surface area contributed by atoms with Crippen molar-refractivity contribution in [1.29, 1.82) is 0 Å². The minimum Gasteiger partial charge on any atom is -0.383 e. The van der Waals surface area contributed by atoms with Crippen LogP contribution in [0.4, 0.5) is 5.82 Å². The number of hydrogen-bond donors (Lipinski definition) is 2. The number of halogens is 1. The molecule has 0 atom stereocenters. The van der Waals surface area contributed by atoms with Gasteiger partial charge in [0.25, 0.3) is 5.91 Å². The van der Waals surface area contributed by atoms with Crippen LogP contribution in [-0.2, 0) is 0 Å². The molecule has 3 N–H and O–H groups in total. The standard InChI is InChI=1S/C23H23ClN6O/c1-14(2)11-12-26-23(31)19-20-22(29-18-6-4-3-5-17(18)28-20)30(21(19)25)27-13-15-7-9-16(24)10-8-15/h3-10,13-14H,11-12,25H2,1-2H3,(H,26,31). The van der Waals surface area contributed by atoms with Crippen molar-refractivity contribution in [2.75, 3.05) is 12.3 Å². The summed E-state index contributed by atoms with van der Waals surface area (Å²) in [6, 6.07) is 14.7. The van der Waals surface area contributed by atoms with Gasteiger partial charge in [0.15, 0.2) is 5.65 Å². The second kappa shape index (κ2) is 8.73. The molecular formula is C23H23ClN6O. The maximum absolute atomic E-state index is 13.0. The smallest absolute Gasteiger partial charge is 0.257 e. The lowest BCUT2D eigenvalue weighted by Crippen LogP contribution is -2.26. The number of nitrogens with zero attached hydrogens (tertiary/aromatic N) is 4. The molecule has 0 unspecified atom stereocenters. The van der Waals surface area contributed by atoms with E-state index in [-0.39, 0.29) is 17.3 Å². The molecule has 158 valence electrons. The number of aromatic nitrogens is 3. The lowest BCUT2D eigenvalue weighted by Gasteiger charge is -2.07. The van der Waals surface area contributed by atoms with Crippen molar-refractivity contribution in [3.8, 4) is 0 Å². The fraction of sp³-hybridized carbons (Fsp3) is 0.217. The molecule has 0 radical (unpaired) electrons. The van der Waals surface area contributed by atoms with E-state index in [1.807, 2.05) is 36.4 Å². The van der Waals surface area contributed by atoms with Crippen molar-refractivity contribution < 1.29 is 4.79 Å². The van der Waals surface area contributed by atoms with Gasteiger partial charge in [-0.1, -0.05) is 49.7 Å². The number of rotatable bonds is 6. The maximum atomic E-state index is 13.0. The molecule has 0 bridgehead atoms. The molecule has 7 nitrogen and oxygen atoms in total. The van der Waals surface area contributed by atoms with Crippen LogP contribution >= 0.6 is 11.6 Å². The zero-order valence-electron chi connectivity index (χ0n) is 17.3. The highest BCUT2D eigenvalue weighted by molar-refractivity contribution is 6.30. The van der Waals surface area contributed by atoms with Crippen LogP contribution in [0.25, 0.3) is 22.2 Å². The van der Waals surface area contributed by atoms with Gasteiger partial charge in [0.05, 0.1) is 17.2 Å². The summed E-state index contributed by atoms with van der Waals surface area (Å²) in [4.78, 5) is 22.3. The molecule has 0 fully saturated rings. The van der Waals surface area contributed by atoms with Crippen LogP contribution < -0.4 is 11.1 Å². The molecule has 0 saturated heterocycles. The van der Waals surface area contributed by atoms with Crippen LogP contribution in [0.1, 0.15) is 36.2 Å². The van der Waals surface area contributed by atoms with E-state index in [0.717, 1.165) is 12.0 Å². The van der Waals surface area contributed by atoms with E-state index in [9.17, 15) is 4.79 Å². The number of amides is 1. The summed E-state index contributed by atoms with van der Waals surface area (Å²) in [5, 5.41) is 8.07. The minimum atomic E-state index is -0.284. The molecule has 31 heavy (non-hydrogen) atoms. The second-order valence-corrected chi connectivity index (χ2v) is 8.13. The molecule has 0 saturated carbocycles. The Hall–Kier alpha value is -3.45. The molecule has 2 aromatic carbocycles. The van der Waals surface area contributed by atoms with Crippen LogP contribution in [0.3, 0.4) is 0 Å². The van der Waals surface area contributed by atoms with Crippen LogP contribution in [0.5, 0.6) is 0 Å². The molecule has 4 aromatic rings. The average Bonchev–Trinajstić information content (AvgIpc) is 3.01. The van der Waals surface area contributed by atoms with E-state index in [1.54, 1.807) is 18.3 Å². The Morgan fingerprint density at radius 1 is 1.16 bits per heavy atom. The summed E-state index contributed by atoms with van der Waals surface area (Å²) in [5.41, 5.74) is 9.74. The van der Waals surface area contributed by atoms with Gasteiger partial charge in [-0.05, 0) is 42.2 Å². The summed E-state index contributed by atoms with van der Waals surface area (Å²) in [5.74, 6) is 0.387. The van der Waals surface area contributed by atoms with Gasteiger partial charge < -0.3 is 11.1 Å². The molecule has 0 aliphatic heterocycles. The first-order valence-electron chi connectivity index (χ1n) is 10.1. The van der Waals surface area contributed by atoms with E-state index >= 15 is 0 Å². The van der Waals surface area contributed by atoms with Crippen molar-refractivity contribution in [3.05, 3.63) is 64.7 Å². The Kier molecular flexibility index (Phi) is 5.86. The van der Waals surface area contributed by atoms with Crippen LogP contribution in [0, 0.1) is 5.92 Å². The normalized spacial score (nSPS) is 11.7. The largest absolute Gasteiger partial charge is 0.383 e. The van der Waals surface area contributed by atoms with Crippen molar-refractivity contribution in [2.45, 2.75) is 20.3 Å². The number of nitrogens with one attached hydrogen (secondary N) is 1. The monoisotopic (exact) mass is 434 g/mol. The molecule has 0 aliphatic carbocycles. The molecule has 4 rings (SSSR count). The van der Waals surface area contributed by atoms with Crippen molar-refractivity contribution in [2.24, 2.45) is 11.0 Å². The molecule has 2 heterocycles. The fourth-order valence-electron chi connectivity index (χ4n) is 3.22. The molecule has 2 aromatic heterocycles. The topological polar surface area (TPSA) is 98.2 Å². The Labute approximate surface area is 184 Å². The average molecular weight is 435 g/mol. The Morgan fingerprint density at radius 3 is 2.52 bits per heavy atom. The van der Waals surface area contributed by atoms with Gasteiger partial charge in [-0.2, -0.15) is 9.78 Å². The Balaban J connectivity index is 1.82. The number of nitrogens with two attached hydrogens (primary N) is 1. The number of para-hydroxylation sites is 2. The first-order valence-corrected chi connectivity index (χ1v) is 10.5. The highest BCUT2D eigenvalue weighted by atomic mass is 35.5. The third kappa shape index (κ3) is 4.36. The summed E-state index contributed by atoms with van der Waals surface area (Å²) < 4.78 is 1.46. The number of carbonyl (C=O) groups excluding carboxylic acids is 1. The molecule has 8 heteroatoms. The van der Waals surface area contributed by atoms with E-state index in [4.69, 9.17) is 17.3 Å². The van der Waals surface area contributed by atoms with E-state index in [0.29, 0.717) is 39.7 Å². The molecule has 0 spiro atoms. The molecule has 0 aliphatic rings. The number of fused-ring (bicyclic) bond motifs is 2. The van der Waals surface area contributed by atoms with Crippen molar-refractivity contribution in [3.63, 3.8) is 0 Å². The summed E-state index contributed by atoms with van der Waals surface area (Å²) in [6.45, 7) is 4.77. The number of nitrogen functional groups attached to an aromatic ring is 1. The number of anilines is 1. The number of benzene rings is 2. The number of carbonyl (C=O) groups is 1. The lowest BCUT2D eigenvalue weighted by atomic mass is 10.1. The van der Waals surface area contributed by atoms with Crippen LogP contribution in [-0.4, -0.2) is 33.3 Å². The predicted octanol–water partition coefficient (Wildman–Crippen LogP) is 4.48. The van der Waals surface area contributed by atoms with E-state index in [2.05, 4.69) is 34.2 Å². The fourth-order valence-corrected chi connectivity index (χ4v) is 3.35. The Bertz CT molecular complexity index is 1280. The minimum absolute atomic E-state index is 0.192. The van der Waals surface area contributed by atoms with Crippen molar-refractivity contribution in [1.82, 2.24) is 20.0 Å². The SMILES string of the molecule is CC(C)CCNC(=O)c1c(N)n(N=Cc2ccc(Cl)cc2)c2nc3ccccc3nc12. The first kappa shape index (κ1) is 20.8. The first-order chi connectivity index (χ1) is 14.9. The zero-order valence-corrected chi connectivity index (χ0v) is 18.1. The quantitative estimate of drug-likeness (QED) is 0.437. The summed E-state index contributed by atoms with van der Waals surface area (Å²) in [6.07, 6.45) is 2.51. The van der Waals surface area contributed by atoms with Gasteiger partial charge in [-0.3, -0.25) is 4.79 Å². The maximum Gasteiger partial charge on any atom is 0.257 e. The Morgan fingerprint density at radius 2 is 1.84 bits per heavy atom. The zero-order chi connectivity index (χ0) is 22.0. The van der Waals surface area contributed by atoms with E-state index in [1.165, 1.54) is 4.68 Å². The van der Waals surface area contributed by atoms with Gasteiger partial charge in [0.1, 0.15) is 16.9 Å². The molecule has 1 amide bonds. The summed E-state index contributed by atoms with van der Waals surface area (Å²) in [7, 11) is 0. The van der Waals surface area contributed by atoms with E-state index < -0.39 is 0 Å². The van der Waals surface area contributed by atoms with Gasteiger partial charge in [0.2, 0.25) is 0 Å². The van der Waals surface area contributed by atoms with Gasteiger partial charge in [-0.25, -0.2) is 9.97 Å². The van der Waals surface area contributed by atoms with Crippen molar-refractivity contribution >= 4 is 51.7 Å². The lowest BCUT2D eigenvalue weighted by molar-refractivity contribution is 0.0954. The summed E-state index contributed by atoms with van der Waals surface area (Å²) >= 11 is 5.95. The third-order valence-electron chi connectivity index (χ3n) is 4.90. The van der Waals surface area contributed by atoms with Gasteiger partial charge >= 0.3 is 0 Å². The predicted molar refractivity (Wildman–Crippen MR) is 126 cm³/mol. The molecular weight excluding hydrogens is 412 g/mol. The number of hydrogen-bond acceptors (Lipinski definition) is 5. The van der Waals surface area contributed by atoms with Crippen LogP contribution in [0.2, 0.25) is 5.02 Å². The highest BCUT2D eigenvalue weighted by Crippen LogP contribution is 2.27. The third-order valence-corrected chi connectivity index (χ3v) is 5.15.